The molecule has 0 radical (unpaired) electrons. The molecule has 1 heterocycles. The fraction of sp³-hybridized carbons (Fsp3) is 0.150. The summed E-state index contributed by atoms with van der Waals surface area (Å²) in [6, 6.07) is 12.5. The van der Waals surface area contributed by atoms with Crippen molar-refractivity contribution >= 4 is 46.8 Å². The van der Waals surface area contributed by atoms with Crippen LogP contribution in [-0.4, -0.2) is 37.3 Å². The van der Waals surface area contributed by atoms with Crippen LogP contribution >= 0.6 is 23.8 Å². The number of ether oxygens (including phenoxy) is 3. The third kappa shape index (κ3) is 5.24. The highest BCUT2D eigenvalue weighted by atomic mass is 35.5. The van der Waals surface area contributed by atoms with Crippen LogP contribution in [0.15, 0.2) is 48.0 Å². The van der Waals surface area contributed by atoms with Gasteiger partial charge in [-0.2, -0.15) is 0 Å². The Morgan fingerprint density at radius 2 is 1.69 bits per heavy atom. The molecule has 1 aliphatic rings. The Balaban J connectivity index is 1.72. The molecule has 3 rings (SSSR count). The number of hydrogen-bond acceptors (Lipinski definition) is 6. The zero-order chi connectivity index (χ0) is 20.8. The van der Waals surface area contributed by atoms with E-state index in [1.54, 1.807) is 12.1 Å². The van der Waals surface area contributed by atoms with Crippen molar-refractivity contribution in [3.05, 3.63) is 58.6 Å². The topological polar surface area (TPSA) is 85.9 Å². The molecular formula is C20H17ClN2O5S. The van der Waals surface area contributed by atoms with Gasteiger partial charge in [-0.15, -0.1) is 0 Å². The zero-order valence-corrected chi connectivity index (χ0v) is 16.9. The molecule has 0 aliphatic carbocycles. The Hall–Kier alpha value is -3.10. The van der Waals surface area contributed by atoms with Gasteiger partial charge >= 0.3 is 0 Å². The van der Waals surface area contributed by atoms with E-state index in [0.29, 0.717) is 23.7 Å². The highest BCUT2D eigenvalue weighted by molar-refractivity contribution is 7.80. The first kappa shape index (κ1) is 20.6. The maximum absolute atomic E-state index is 12.0. The summed E-state index contributed by atoms with van der Waals surface area (Å²) in [6.07, 6.45) is 1.39. The Labute approximate surface area is 177 Å². The van der Waals surface area contributed by atoms with Crippen LogP contribution in [0.2, 0.25) is 5.02 Å². The smallest absolute Gasteiger partial charge is 0.263 e. The van der Waals surface area contributed by atoms with Crippen molar-refractivity contribution in [2.75, 3.05) is 20.3 Å². The number of para-hydroxylation sites is 1. The van der Waals surface area contributed by atoms with Crippen LogP contribution in [0.3, 0.4) is 0 Å². The molecule has 7 nitrogen and oxygen atoms in total. The lowest BCUT2D eigenvalue weighted by molar-refractivity contribution is -0.123. The largest absolute Gasteiger partial charge is 0.493 e. The molecule has 0 spiro atoms. The third-order valence-corrected chi connectivity index (χ3v) is 4.33. The average Bonchev–Trinajstić information content (AvgIpc) is 2.69. The van der Waals surface area contributed by atoms with Crippen molar-refractivity contribution in [2.45, 2.75) is 0 Å². The van der Waals surface area contributed by atoms with Gasteiger partial charge < -0.3 is 14.2 Å². The third-order valence-electron chi connectivity index (χ3n) is 3.85. The van der Waals surface area contributed by atoms with Crippen molar-refractivity contribution < 1.29 is 23.8 Å². The van der Waals surface area contributed by atoms with Gasteiger partial charge in [0, 0.05) is 0 Å². The van der Waals surface area contributed by atoms with Gasteiger partial charge in [0.1, 0.15) is 24.5 Å². The number of methoxy groups -OCH3 is 1. The second-order valence-corrected chi connectivity index (χ2v) is 6.65. The summed E-state index contributed by atoms with van der Waals surface area (Å²) in [5, 5.41) is 4.98. The van der Waals surface area contributed by atoms with Crippen molar-refractivity contribution in [1.82, 2.24) is 10.6 Å². The number of rotatable bonds is 7. The van der Waals surface area contributed by atoms with E-state index < -0.39 is 11.8 Å². The number of carbonyl (C=O) groups excluding carboxylic acids is 2. The summed E-state index contributed by atoms with van der Waals surface area (Å²) in [4.78, 5) is 24.0. The van der Waals surface area contributed by atoms with E-state index in [0.717, 1.165) is 5.75 Å². The summed E-state index contributed by atoms with van der Waals surface area (Å²) in [5.74, 6) is 0.252. The maximum Gasteiger partial charge on any atom is 0.263 e. The Kier molecular flexibility index (Phi) is 6.69. The van der Waals surface area contributed by atoms with Crippen LogP contribution in [0.25, 0.3) is 6.08 Å². The van der Waals surface area contributed by atoms with Gasteiger partial charge in [-0.1, -0.05) is 29.8 Å². The van der Waals surface area contributed by atoms with E-state index in [1.165, 1.54) is 13.2 Å². The first-order valence-corrected chi connectivity index (χ1v) is 9.33. The molecule has 29 heavy (non-hydrogen) atoms. The molecule has 2 N–H and O–H groups in total. The van der Waals surface area contributed by atoms with Gasteiger partial charge in [0.2, 0.25) is 0 Å². The van der Waals surface area contributed by atoms with Crippen molar-refractivity contribution in [3.8, 4) is 17.2 Å². The number of benzene rings is 2. The summed E-state index contributed by atoms with van der Waals surface area (Å²) in [6.45, 7) is 0.559. The van der Waals surface area contributed by atoms with E-state index in [-0.39, 0.29) is 22.3 Å². The standard InChI is InChI=1S/C20H17ClN2O5S/c1-26-16-11-12(9-14-18(24)22-20(29)23-19(14)25)10-15(21)17(16)28-8-7-27-13-5-3-2-4-6-13/h2-6,9-11H,7-8H2,1H3,(H2,22,23,24,25,29). The lowest BCUT2D eigenvalue weighted by atomic mass is 10.1. The first-order chi connectivity index (χ1) is 14.0. The number of thiocarbonyl (C=S) groups is 1. The van der Waals surface area contributed by atoms with Gasteiger partial charge in [-0.05, 0) is 48.1 Å². The van der Waals surface area contributed by atoms with Gasteiger partial charge in [0.15, 0.2) is 16.6 Å². The molecule has 0 atom stereocenters. The van der Waals surface area contributed by atoms with Gasteiger partial charge in [-0.25, -0.2) is 0 Å². The molecular weight excluding hydrogens is 416 g/mol. The summed E-state index contributed by atoms with van der Waals surface area (Å²) < 4.78 is 16.6. The van der Waals surface area contributed by atoms with Crippen LogP contribution in [-0.2, 0) is 9.59 Å². The molecule has 1 aliphatic heterocycles. The monoisotopic (exact) mass is 432 g/mol. The number of amides is 2. The number of carbonyl (C=O) groups is 2. The lowest BCUT2D eigenvalue weighted by Crippen LogP contribution is -2.51. The van der Waals surface area contributed by atoms with Crippen molar-refractivity contribution in [2.24, 2.45) is 0 Å². The Morgan fingerprint density at radius 1 is 1.03 bits per heavy atom. The summed E-state index contributed by atoms with van der Waals surface area (Å²) in [5.41, 5.74) is 0.398. The maximum atomic E-state index is 12.0. The van der Waals surface area contributed by atoms with E-state index in [1.807, 2.05) is 30.3 Å². The van der Waals surface area contributed by atoms with E-state index >= 15 is 0 Å². The average molecular weight is 433 g/mol. The molecule has 0 bridgehead atoms. The van der Waals surface area contributed by atoms with Crippen molar-refractivity contribution in [3.63, 3.8) is 0 Å². The Morgan fingerprint density at radius 3 is 2.34 bits per heavy atom. The molecule has 150 valence electrons. The second kappa shape index (κ2) is 9.40. The van der Waals surface area contributed by atoms with Crippen molar-refractivity contribution in [1.29, 1.82) is 0 Å². The van der Waals surface area contributed by atoms with Gasteiger partial charge in [0.05, 0.1) is 12.1 Å². The molecule has 2 amide bonds. The lowest BCUT2D eigenvalue weighted by Gasteiger charge is -2.17. The van der Waals surface area contributed by atoms with Crippen LogP contribution in [0.5, 0.6) is 17.2 Å². The van der Waals surface area contributed by atoms with Crippen LogP contribution in [0.4, 0.5) is 0 Å². The van der Waals surface area contributed by atoms with Crippen LogP contribution in [0, 0.1) is 0 Å². The summed E-state index contributed by atoms with van der Waals surface area (Å²) in [7, 11) is 1.47. The molecule has 1 fully saturated rings. The Bertz CT molecular complexity index is 956. The normalized spacial score (nSPS) is 13.4. The molecule has 2 aromatic carbocycles. The van der Waals surface area contributed by atoms with Crippen LogP contribution < -0.4 is 24.8 Å². The molecule has 1 saturated heterocycles. The molecule has 0 unspecified atom stereocenters. The minimum absolute atomic E-state index is 0.0331. The fourth-order valence-electron chi connectivity index (χ4n) is 2.56. The van der Waals surface area contributed by atoms with E-state index in [2.05, 4.69) is 10.6 Å². The van der Waals surface area contributed by atoms with Crippen LogP contribution in [0.1, 0.15) is 5.56 Å². The highest BCUT2D eigenvalue weighted by Gasteiger charge is 2.26. The van der Waals surface area contributed by atoms with E-state index in [4.69, 9.17) is 38.0 Å². The number of hydrogen-bond donors (Lipinski definition) is 2. The van der Waals surface area contributed by atoms with Gasteiger partial charge in [-0.3, -0.25) is 20.2 Å². The SMILES string of the molecule is COc1cc(C=C2C(=O)NC(=S)NC2=O)cc(Cl)c1OCCOc1ccccc1. The van der Waals surface area contributed by atoms with Gasteiger partial charge in [0.25, 0.3) is 11.8 Å². The minimum atomic E-state index is -0.591. The summed E-state index contributed by atoms with van der Waals surface area (Å²) >= 11 is 11.1. The highest BCUT2D eigenvalue weighted by Crippen LogP contribution is 2.37. The molecule has 2 aromatic rings. The molecule has 0 saturated carbocycles. The molecule has 9 heteroatoms. The predicted octanol–water partition coefficient (Wildman–Crippen LogP) is 2.72. The van der Waals surface area contributed by atoms with E-state index in [9.17, 15) is 9.59 Å². The zero-order valence-electron chi connectivity index (χ0n) is 15.4. The predicted molar refractivity (Wildman–Crippen MR) is 112 cm³/mol. The number of halogens is 1. The first-order valence-electron chi connectivity index (χ1n) is 8.54. The molecule has 0 aromatic heterocycles. The second-order valence-electron chi connectivity index (χ2n) is 5.84. The quantitative estimate of drug-likeness (QED) is 0.303. The number of nitrogens with one attached hydrogen (secondary N) is 2. The minimum Gasteiger partial charge on any atom is -0.493 e. The fourth-order valence-corrected chi connectivity index (χ4v) is 3.02.